The third-order valence-corrected chi connectivity index (χ3v) is 0. The molecule has 0 aliphatic carbocycles. The first-order chi connectivity index (χ1) is 2.00. The Morgan fingerprint density at radius 2 is 1.29 bits per heavy atom. The first kappa shape index (κ1) is 16.4. The van der Waals surface area contributed by atoms with Crippen LogP contribution in [0.3, 0.4) is 0 Å². The maximum absolute atomic E-state index is 8.74. The summed E-state index contributed by atoms with van der Waals surface area (Å²) in [6.45, 7) is 0. The Morgan fingerprint density at radius 3 is 1.29 bits per heavy atom. The molecule has 0 radical (unpaired) electrons. The van der Waals surface area contributed by atoms with E-state index in [0.717, 1.165) is 0 Å². The molecule has 0 heterocycles. The van der Waals surface area contributed by atoms with E-state index in [4.69, 9.17) is 17.5 Å². The Labute approximate surface area is 118 Å². The smallest absolute Gasteiger partial charge is 1.00 e. The van der Waals surface area contributed by atoms with Gasteiger partial charge >= 0.3 is 97.0 Å². The minimum absolute atomic E-state index is 0. The molecule has 0 unspecified atom stereocenters. The van der Waals surface area contributed by atoms with E-state index in [9.17, 15) is 0 Å². The summed E-state index contributed by atoms with van der Waals surface area (Å²) in [4.78, 5) is 0. The van der Waals surface area contributed by atoms with Gasteiger partial charge in [0.25, 0.3) is 0 Å². The van der Waals surface area contributed by atoms with Crippen molar-refractivity contribution in [1.82, 2.24) is 0 Å². The Hall–Kier alpha value is 2.70. The summed E-state index contributed by atoms with van der Waals surface area (Å²) in [6, 6.07) is 0. The van der Waals surface area contributed by atoms with Crippen molar-refractivity contribution in [3.05, 3.63) is 0 Å². The van der Waals surface area contributed by atoms with Crippen LogP contribution in [0, 0.1) is 0 Å². The number of hydrogen-bond acceptors (Lipinski definition) is 2. The van der Waals surface area contributed by atoms with Gasteiger partial charge in [0, 0.05) is 0 Å². The maximum atomic E-state index is 8.74. The normalized spacial score (nSPS) is 8.29. The fourth-order valence-electron chi connectivity index (χ4n) is 0. The van der Waals surface area contributed by atoms with E-state index < -0.39 is 10.4 Å². The van der Waals surface area contributed by atoms with Crippen molar-refractivity contribution in [2.45, 2.75) is 0 Å². The van der Waals surface area contributed by atoms with E-state index in [1.165, 1.54) is 0 Å². The molecular weight excluding hydrogens is 273 g/mol. The molecule has 0 atom stereocenters. The van der Waals surface area contributed by atoms with Crippen molar-refractivity contribution < 1.29 is 23.2 Å². The molecule has 7 heteroatoms. The second kappa shape index (κ2) is 6.82. The zero-order valence-corrected chi connectivity index (χ0v) is 11.0. The van der Waals surface area contributed by atoms with Crippen molar-refractivity contribution in [2.75, 3.05) is 0 Å². The first-order valence-corrected chi connectivity index (χ1v) is 2.10. The van der Waals surface area contributed by atoms with Gasteiger partial charge in [0.15, 0.2) is 0 Å². The third-order valence-electron chi connectivity index (χ3n) is 0. The Bertz CT molecular complexity index is 105. The summed E-state index contributed by atoms with van der Waals surface area (Å²) in [5, 5.41) is 0. The minimum Gasteiger partial charge on any atom is -1.00 e. The summed E-state index contributed by atoms with van der Waals surface area (Å²) < 4.78 is 31.6. The van der Waals surface area contributed by atoms with E-state index in [1.807, 2.05) is 0 Å². The predicted molar refractivity (Wildman–Crippen MR) is 30.1 cm³/mol. The summed E-state index contributed by atoms with van der Waals surface area (Å²) >= 11 is 0. The van der Waals surface area contributed by atoms with Crippen LogP contribution in [0.2, 0.25) is 0 Å². The van der Waals surface area contributed by atoms with E-state index in [-0.39, 0.29) is 92.3 Å². The minimum atomic E-state index is -4.67. The molecule has 0 fully saturated rings. The average molecular weight is 280 g/mol. The van der Waals surface area contributed by atoms with E-state index in [0.29, 0.717) is 0 Å². The topological polar surface area (TPSA) is 74.6 Å². The molecule has 0 aromatic carbocycles. The molecular formula is H6BaCaO4S. The van der Waals surface area contributed by atoms with Crippen LogP contribution in [0.4, 0.5) is 0 Å². The summed E-state index contributed by atoms with van der Waals surface area (Å²) in [5.41, 5.74) is 0. The average Bonchev–Trinajstić information content (AvgIpc) is 0.722. The van der Waals surface area contributed by atoms with Crippen LogP contribution in [0.15, 0.2) is 0 Å². The van der Waals surface area contributed by atoms with Gasteiger partial charge in [-0.15, -0.1) is 0 Å². The molecule has 0 aliphatic heterocycles. The van der Waals surface area contributed by atoms with Gasteiger partial charge in [-0.25, -0.2) is 0 Å². The van der Waals surface area contributed by atoms with Gasteiger partial charge in [0.05, 0.1) is 0 Å². The molecule has 0 bridgehead atoms. The molecule has 7 heavy (non-hydrogen) atoms. The summed E-state index contributed by atoms with van der Waals surface area (Å²) in [7, 11) is -4.67. The maximum Gasteiger partial charge on any atom is 2.00 e. The third kappa shape index (κ3) is 53.6. The van der Waals surface area contributed by atoms with Gasteiger partial charge in [-0.2, -0.15) is 8.42 Å². The molecule has 2 N–H and O–H groups in total. The zero-order valence-electron chi connectivity index (χ0n) is 7.53. The zero-order chi connectivity index (χ0) is 4.50. The van der Waals surface area contributed by atoms with Crippen molar-refractivity contribution in [3.8, 4) is 0 Å². The second-order valence-corrected chi connectivity index (χ2v) is 1.34. The largest absolute Gasteiger partial charge is 2.00 e. The van der Waals surface area contributed by atoms with Crippen LogP contribution in [0.25, 0.3) is 0 Å². The van der Waals surface area contributed by atoms with Gasteiger partial charge < -0.3 is 5.71 Å². The number of rotatable bonds is 0. The van der Waals surface area contributed by atoms with E-state index in [1.54, 1.807) is 0 Å². The van der Waals surface area contributed by atoms with Crippen LogP contribution in [0.1, 0.15) is 5.71 Å². The predicted octanol–water partition coefficient (Wildman–Crippen LogP) is -0.964. The monoisotopic (exact) mass is 280 g/mol. The van der Waals surface area contributed by atoms with Crippen molar-refractivity contribution in [1.29, 1.82) is 0 Å². The van der Waals surface area contributed by atoms with Gasteiger partial charge in [-0.3, -0.25) is 9.11 Å². The molecule has 0 aliphatic rings. The second-order valence-electron chi connectivity index (χ2n) is 0.448. The first-order valence-electron chi connectivity index (χ1n) is 0.698. The molecule has 0 rings (SSSR count). The molecule has 0 saturated heterocycles. The molecule has 0 saturated carbocycles. The molecule has 0 aromatic rings. The Balaban J connectivity index is -0.00000000533. The molecule has 0 aromatic heterocycles. The van der Waals surface area contributed by atoms with Crippen LogP contribution in [-0.4, -0.2) is 104 Å². The van der Waals surface area contributed by atoms with Gasteiger partial charge in [-0.1, -0.05) is 0 Å². The van der Waals surface area contributed by atoms with Crippen LogP contribution in [-0.2, 0) is 10.4 Å². The standard InChI is InChI=1S/Ba.Ca.H2O4S.4H/c;;1-5(2,3)4;;;;/h;;(H2,1,2,3,4);;;;/q2*+2;;4*-1. The molecule has 4 nitrogen and oxygen atoms in total. The van der Waals surface area contributed by atoms with Crippen molar-refractivity contribution >= 4 is 97.0 Å². The number of hydrogen-bond donors (Lipinski definition) is 2. The van der Waals surface area contributed by atoms with E-state index in [2.05, 4.69) is 0 Å². The van der Waals surface area contributed by atoms with Crippen LogP contribution >= 0.6 is 0 Å². The summed E-state index contributed by atoms with van der Waals surface area (Å²) in [5.74, 6) is 0. The SMILES string of the molecule is O=S(=O)(O)O.[Ba+2].[Ca+2].[H-].[H-].[H-].[H-]. The Morgan fingerprint density at radius 1 is 1.29 bits per heavy atom. The fraction of sp³-hybridized carbons (Fsp3) is 0. The molecule has 0 spiro atoms. The van der Waals surface area contributed by atoms with E-state index >= 15 is 0 Å². The molecule has 40 valence electrons. The van der Waals surface area contributed by atoms with Gasteiger partial charge in [0.2, 0.25) is 0 Å². The quantitative estimate of drug-likeness (QED) is 0.442. The van der Waals surface area contributed by atoms with Crippen molar-refractivity contribution in [2.24, 2.45) is 0 Å². The van der Waals surface area contributed by atoms with Crippen LogP contribution < -0.4 is 0 Å². The fourth-order valence-corrected chi connectivity index (χ4v) is 0. The summed E-state index contributed by atoms with van der Waals surface area (Å²) in [6.07, 6.45) is 0. The molecule has 0 amide bonds. The Kier molecular flexibility index (Phi) is 15.9. The van der Waals surface area contributed by atoms with Gasteiger partial charge in [-0.05, 0) is 0 Å². The van der Waals surface area contributed by atoms with Crippen molar-refractivity contribution in [3.63, 3.8) is 0 Å². The van der Waals surface area contributed by atoms with Gasteiger partial charge in [0.1, 0.15) is 0 Å². The van der Waals surface area contributed by atoms with Crippen LogP contribution in [0.5, 0.6) is 0 Å².